The smallest absolute Gasteiger partial charge is 0.317 e. The van der Waals surface area contributed by atoms with Crippen LogP contribution in [-0.2, 0) is 0 Å². The Balaban J connectivity index is 1.79. The second kappa shape index (κ2) is 5.17. The van der Waals surface area contributed by atoms with Gasteiger partial charge in [0, 0.05) is 25.6 Å². The number of carbonyl (C=O) groups is 1. The van der Waals surface area contributed by atoms with Gasteiger partial charge in [-0.25, -0.2) is 9.18 Å². The fourth-order valence-electron chi connectivity index (χ4n) is 1.99. The van der Waals surface area contributed by atoms with Crippen LogP contribution in [0, 0.1) is 5.82 Å². The molecule has 1 saturated heterocycles. The first-order valence-corrected chi connectivity index (χ1v) is 6.36. The van der Waals surface area contributed by atoms with Gasteiger partial charge in [-0.2, -0.15) is 0 Å². The molecule has 104 valence electrons. The summed E-state index contributed by atoms with van der Waals surface area (Å²) in [6.45, 7) is 4.77. The Morgan fingerprint density at radius 1 is 1.42 bits per heavy atom. The molecule has 19 heavy (non-hydrogen) atoms. The fourth-order valence-corrected chi connectivity index (χ4v) is 1.99. The lowest BCUT2D eigenvalue weighted by molar-refractivity contribution is 0.0765. The third-order valence-corrected chi connectivity index (χ3v) is 3.18. The van der Waals surface area contributed by atoms with Crippen molar-refractivity contribution in [2.75, 3.05) is 19.6 Å². The minimum atomic E-state index is -0.906. The second-order valence-electron chi connectivity index (χ2n) is 5.62. The zero-order valence-electron chi connectivity index (χ0n) is 11.2. The van der Waals surface area contributed by atoms with Gasteiger partial charge in [0.25, 0.3) is 0 Å². The van der Waals surface area contributed by atoms with Crippen molar-refractivity contribution in [3.05, 3.63) is 35.6 Å². The summed E-state index contributed by atoms with van der Waals surface area (Å²) in [5, 5.41) is 12.2. The number of nitrogens with one attached hydrogen (secondary N) is 1. The number of amides is 2. The van der Waals surface area contributed by atoms with Crippen LogP contribution in [0.15, 0.2) is 24.3 Å². The lowest BCUT2D eigenvalue weighted by Gasteiger charge is -2.39. The van der Waals surface area contributed by atoms with Crippen LogP contribution in [0.25, 0.3) is 0 Å². The maximum atomic E-state index is 12.8. The van der Waals surface area contributed by atoms with E-state index in [2.05, 4.69) is 5.32 Å². The summed E-state index contributed by atoms with van der Waals surface area (Å²) < 4.78 is 12.8. The number of hydrogen-bond acceptors (Lipinski definition) is 2. The molecular formula is C14H19FN2O2. The van der Waals surface area contributed by atoms with E-state index in [1.807, 2.05) is 0 Å². The van der Waals surface area contributed by atoms with Crippen molar-refractivity contribution in [2.24, 2.45) is 0 Å². The number of nitrogens with zero attached hydrogens (tertiary/aromatic N) is 1. The minimum absolute atomic E-state index is 0.166. The Morgan fingerprint density at radius 2 is 2.00 bits per heavy atom. The van der Waals surface area contributed by atoms with Gasteiger partial charge in [-0.05, 0) is 31.5 Å². The van der Waals surface area contributed by atoms with Crippen LogP contribution in [-0.4, -0.2) is 41.3 Å². The monoisotopic (exact) mass is 266 g/mol. The highest BCUT2D eigenvalue weighted by Crippen LogP contribution is 2.26. The van der Waals surface area contributed by atoms with Gasteiger partial charge in [-0.3, -0.25) is 0 Å². The molecule has 0 unspecified atom stereocenters. The van der Waals surface area contributed by atoms with Gasteiger partial charge in [-0.1, -0.05) is 12.1 Å². The summed E-state index contributed by atoms with van der Waals surface area (Å²) >= 11 is 0. The van der Waals surface area contributed by atoms with Crippen LogP contribution in [0.5, 0.6) is 0 Å². The van der Waals surface area contributed by atoms with E-state index < -0.39 is 5.60 Å². The highest BCUT2D eigenvalue weighted by atomic mass is 19.1. The van der Waals surface area contributed by atoms with E-state index in [0.29, 0.717) is 13.1 Å². The average molecular weight is 266 g/mol. The standard InChI is InChI=1S/C14H19FN2O2/c1-14(2,19)9-16-13(18)17-7-11(8-17)10-3-5-12(15)6-4-10/h3-6,11,19H,7-9H2,1-2H3,(H,16,18). The molecule has 1 aromatic carbocycles. The topological polar surface area (TPSA) is 52.6 Å². The van der Waals surface area contributed by atoms with Gasteiger partial charge in [0.1, 0.15) is 5.82 Å². The van der Waals surface area contributed by atoms with Crippen molar-refractivity contribution < 1.29 is 14.3 Å². The number of benzene rings is 1. The van der Waals surface area contributed by atoms with E-state index >= 15 is 0 Å². The molecule has 0 atom stereocenters. The SMILES string of the molecule is CC(C)(O)CNC(=O)N1CC(c2ccc(F)cc2)C1. The molecule has 0 aliphatic carbocycles. The Morgan fingerprint density at radius 3 is 2.53 bits per heavy atom. The molecule has 2 rings (SSSR count). The van der Waals surface area contributed by atoms with E-state index in [0.717, 1.165) is 5.56 Å². The lowest BCUT2D eigenvalue weighted by Crippen LogP contribution is -2.54. The first-order chi connectivity index (χ1) is 8.85. The molecule has 0 aromatic heterocycles. The van der Waals surface area contributed by atoms with Gasteiger partial charge in [0.15, 0.2) is 0 Å². The molecule has 1 aliphatic rings. The molecule has 0 saturated carbocycles. The van der Waals surface area contributed by atoms with Gasteiger partial charge in [0.05, 0.1) is 5.60 Å². The average Bonchev–Trinajstić information content (AvgIpc) is 2.26. The summed E-state index contributed by atoms with van der Waals surface area (Å²) in [5.74, 6) is 0.0244. The Bertz CT molecular complexity index is 448. The number of urea groups is 1. The summed E-state index contributed by atoms with van der Waals surface area (Å²) in [5.41, 5.74) is 0.143. The molecule has 0 radical (unpaired) electrons. The molecule has 1 fully saturated rings. The molecule has 0 bridgehead atoms. The van der Waals surface area contributed by atoms with Crippen molar-refractivity contribution in [2.45, 2.75) is 25.4 Å². The zero-order valence-corrected chi connectivity index (χ0v) is 11.2. The van der Waals surface area contributed by atoms with Crippen molar-refractivity contribution in [3.8, 4) is 0 Å². The highest BCUT2D eigenvalue weighted by molar-refractivity contribution is 5.75. The van der Waals surface area contributed by atoms with Crippen LogP contribution in [0.2, 0.25) is 0 Å². The van der Waals surface area contributed by atoms with Crippen LogP contribution >= 0.6 is 0 Å². The maximum absolute atomic E-state index is 12.8. The fraction of sp³-hybridized carbons (Fsp3) is 0.500. The Hall–Kier alpha value is -1.62. The Kier molecular flexibility index (Phi) is 3.75. The lowest BCUT2D eigenvalue weighted by atomic mass is 9.92. The second-order valence-corrected chi connectivity index (χ2v) is 5.62. The first kappa shape index (κ1) is 13.8. The molecule has 2 amide bonds. The number of rotatable bonds is 3. The van der Waals surface area contributed by atoms with Crippen molar-refractivity contribution in [1.82, 2.24) is 10.2 Å². The number of halogens is 1. The van der Waals surface area contributed by atoms with Crippen molar-refractivity contribution in [1.29, 1.82) is 0 Å². The maximum Gasteiger partial charge on any atom is 0.317 e. The largest absolute Gasteiger partial charge is 0.389 e. The third kappa shape index (κ3) is 3.67. The highest BCUT2D eigenvalue weighted by Gasteiger charge is 2.32. The number of carbonyl (C=O) groups excluding carboxylic acids is 1. The van der Waals surface area contributed by atoms with E-state index in [9.17, 15) is 14.3 Å². The Labute approximate surface area is 112 Å². The summed E-state index contributed by atoms with van der Waals surface area (Å²) in [4.78, 5) is 13.4. The van der Waals surface area contributed by atoms with Gasteiger partial charge < -0.3 is 15.3 Å². The summed E-state index contributed by atoms with van der Waals surface area (Å²) in [6.07, 6.45) is 0. The third-order valence-electron chi connectivity index (χ3n) is 3.18. The van der Waals surface area contributed by atoms with E-state index in [4.69, 9.17) is 0 Å². The van der Waals surface area contributed by atoms with Gasteiger partial charge in [0.2, 0.25) is 0 Å². The van der Waals surface area contributed by atoms with Crippen LogP contribution in [0.1, 0.15) is 25.3 Å². The van der Waals surface area contributed by atoms with E-state index in [-0.39, 0.29) is 24.3 Å². The van der Waals surface area contributed by atoms with Crippen LogP contribution < -0.4 is 5.32 Å². The molecule has 2 N–H and O–H groups in total. The normalized spacial score (nSPS) is 16.1. The minimum Gasteiger partial charge on any atom is -0.389 e. The van der Waals surface area contributed by atoms with Gasteiger partial charge in [-0.15, -0.1) is 0 Å². The molecule has 4 nitrogen and oxygen atoms in total. The van der Waals surface area contributed by atoms with Gasteiger partial charge >= 0.3 is 6.03 Å². The first-order valence-electron chi connectivity index (χ1n) is 6.36. The predicted molar refractivity (Wildman–Crippen MR) is 70.4 cm³/mol. The van der Waals surface area contributed by atoms with Crippen molar-refractivity contribution in [3.63, 3.8) is 0 Å². The van der Waals surface area contributed by atoms with Crippen LogP contribution in [0.3, 0.4) is 0 Å². The molecule has 5 heteroatoms. The molecule has 1 aliphatic heterocycles. The molecule has 1 heterocycles. The van der Waals surface area contributed by atoms with E-state index in [1.165, 1.54) is 12.1 Å². The molecule has 0 spiro atoms. The number of hydrogen-bond donors (Lipinski definition) is 2. The predicted octanol–water partition coefficient (Wildman–Crippen LogP) is 1.71. The summed E-state index contributed by atoms with van der Waals surface area (Å²) in [7, 11) is 0. The van der Waals surface area contributed by atoms with Crippen LogP contribution in [0.4, 0.5) is 9.18 Å². The summed E-state index contributed by atoms with van der Waals surface area (Å²) in [6, 6.07) is 6.22. The zero-order chi connectivity index (χ0) is 14.0. The molecule has 1 aromatic rings. The van der Waals surface area contributed by atoms with Crippen molar-refractivity contribution >= 4 is 6.03 Å². The molecular weight excluding hydrogens is 247 g/mol. The van der Waals surface area contributed by atoms with E-state index in [1.54, 1.807) is 30.9 Å². The number of likely N-dealkylation sites (tertiary alicyclic amines) is 1. The number of aliphatic hydroxyl groups is 1. The quantitative estimate of drug-likeness (QED) is 0.875.